The molecule has 2 N–H and O–H groups in total. The summed E-state index contributed by atoms with van der Waals surface area (Å²) in [4.78, 5) is 18.6. The fraction of sp³-hybridized carbons (Fsp3) is 0.655. The fourth-order valence-electron chi connectivity index (χ4n) is 6.36. The standard InChI is InChI=1S/C29H41FN2O4/c1-36-23-7-8-26-24(17-23)28(22(20-33)19-31-26)25(30)9-11-29(18-27(34)35)12-15-32(16-13-29)14-10-21-5-3-2-4-6-21/h7-8,17,19,21,25,33H,2-6,9-16,18,20H2,1H3,(H,34,35)/t25-/m1/s1. The molecule has 1 saturated carbocycles. The summed E-state index contributed by atoms with van der Waals surface area (Å²) in [5, 5.41) is 20.2. The number of aliphatic hydroxyl groups excluding tert-OH is 1. The molecule has 4 rings (SSSR count). The molecule has 0 radical (unpaired) electrons. The Balaban J connectivity index is 1.43. The van der Waals surface area contributed by atoms with E-state index in [2.05, 4.69) is 9.88 Å². The van der Waals surface area contributed by atoms with Crippen LogP contribution in [0.15, 0.2) is 24.4 Å². The minimum Gasteiger partial charge on any atom is -0.497 e. The van der Waals surface area contributed by atoms with E-state index in [-0.39, 0.29) is 19.4 Å². The average molecular weight is 501 g/mol. The van der Waals surface area contributed by atoms with Crippen molar-refractivity contribution in [2.24, 2.45) is 11.3 Å². The maximum atomic E-state index is 15.9. The number of methoxy groups -OCH3 is 1. The Morgan fingerprint density at radius 3 is 2.67 bits per heavy atom. The van der Waals surface area contributed by atoms with Crippen molar-refractivity contribution < 1.29 is 24.1 Å². The first-order chi connectivity index (χ1) is 17.4. The number of piperidine rings is 1. The Morgan fingerprint density at radius 2 is 2.00 bits per heavy atom. The number of nitrogens with zero attached hydrogens (tertiary/aromatic N) is 2. The number of halogens is 1. The van der Waals surface area contributed by atoms with Crippen LogP contribution in [0.4, 0.5) is 4.39 Å². The van der Waals surface area contributed by atoms with E-state index in [0.717, 1.165) is 38.4 Å². The zero-order valence-electron chi connectivity index (χ0n) is 21.6. The van der Waals surface area contributed by atoms with Gasteiger partial charge in [-0.05, 0) is 81.3 Å². The number of aliphatic hydroxyl groups is 1. The van der Waals surface area contributed by atoms with Gasteiger partial charge in [-0.25, -0.2) is 4.39 Å². The van der Waals surface area contributed by atoms with E-state index in [0.29, 0.717) is 34.2 Å². The number of hydrogen-bond donors (Lipinski definition) is 2. The monoisotopic (exact) mass is 500 g/mol. The van der Waals surface area contributed by atoms with Gasteiger partial charge in [0.2, 0.25) is 0 Å². The van der Waals surface area contributed by atoms with Crippen LogP contribution in [0.25, 0.3) is 10.9 Å². The maximum absolute atomic E-state index is 15.9. The highest BCUT2D eigenvalue weighted by molar-refractivity contribution is 5.85. The van der Waals surface area contributed by atoms with Crippen LogP contribution in [0, 0.1) is 11.3 Å². The lowest BCUT2D eigenvalue weighted by molar-refractivity contribution is -0.141. The van der Waals surface area contributed by atoms with Crippen LogP contribution in [-0.4, -0.2) is 52.8 Å². The number of aliphatic carboxylic acids is 1. The third kappa shape index (κ3) is 6.54. The van der Waals surface area contributed by atoms with Crippen LogP contribution in [0.5, 0.6) is 5.75 Å². The predicted molar refractivity (Wildman–Crippen MR) is 139 cm³/mol. The van der Waals surface area contributed by atoms with Crippen LogP contribution in [0.3, 0.4) is 0 Å². The van der Waals surface area contributed by atoms with Gasteiger partial charge in [0.1, 0.15) is 11.9 Å². The molecule has 0 amide bonds. The Kier molecular flexibility index (Phi) is 9.18. The largest absolute Gasteiger partial charge is 0.497 e. The summed E-state index contributed by atoms with van der Waals surface area (Å²) in [5.41, 5.74) is 1.17. The Hall–Kier alpha value is -2.25. The molecular weight excluding hydrogens is 459 g/mol. The lowest BCUT2D eigenvalue weighted by Crippen LogP contribution is -2.42. The number of hydrogen-bond acceptors (Lipinski definition) is 5. The van der Waals surface area contributed by atoms with Crippen molar-refractivity contribution in [1.82, 2.24) is 9.88 Å². The molecule has 198 valence electrons. The first kappa shape index (κ1) is 26.8. The molecular formula is C29H41FN2O4. The predicted octanol–water partition coefficient (Wildman–Crippen LogP) is 6.05. The van der Waals surface area contributed by atoms with Crippen molar-refractivity contribution in [1.29, 1.82) is 0 Å². The highest BCUT2D eigenvalue weighted by atomic mass is 19.1. The first-order valence-corrected chi connectivity index (χ1v) is 13.6. The number of pyridine rings is 1. The summed E-state index contributed by atoms with van der Waals surface area (Å²) in [6, 6.07) is 5.34. The van der Waals surface area contributed by atoms with Crippen LogP contribution in [0.1, 0.15) is 87.9 Å². The van der Waals surface area contributed by atoms with E-state index in [1.165, 1.54) is 44.7 Å². The number of carboxylic acid groups (broad SMARTS) is 1. The summed E-state index contributed by atoms with van der Waals surface area (Å²) in [5.74, 6) is 0.637. The molecule has 6 nitrogen and oxygen atoms in total. The molecule has 2 heterocycles. The minimum atomic E-state index is -1.32. The molecule has 36 heavy (non-hydrogen) atoms. The van der Waals surface area contributed by atoms with Gasteiger partial charge in [0.25, 0.3) is 0 Å². The zero-order chi connectivity index (χ0) is 25.5. The normalized spacial score (nSPS) is 19.9. The molecule has 1 aliphatic carbocycles. The van der Waals surface area contributed by atoms with Gasteiger partial charge in [-0.3, -0.25) is 9.78 Å². The van der Waals surface area contributed by atoms with E-state index in [9.17, 15) is 15.0 Å². The van der Waals surface area contributed by atoms with Gasteiger partial charge >= 0.3 is 5.97 Å². The molecule has 1 atom stereocenters. The highest BCUT2D eigenvalue weighted by Gasteiger charge is 2.37. The molecule has 2 aromatic rings. The Labute approximate surface area is 213 Å². The van der Waals surface area contributed by atoms with Crippen molar-refractivity contribution in [3.05, 3.63) is 35.5 Å². The number of likely N-dealkylation sites (tertiary alicyclic amines) is 1. The topological polar surface area (TPSA) is 82.9 Å². The van der Waals surface area contributed by atoms with E-state index < -0.39 is 17.6 Å². The van der Waals surface area contributed by atoms with E-state index in [1.807, 2.05) is 0 Å². The third-order valence-electron chi connectivity index (χ3n) is 8.63. The first-order valence-electron chi connectivity index (χ1n) is 13.6. The summed E-state index contributed by atoms with van der Waals surface area (Å²) in [6.07, 6.45) is 10.6. The molecule has 2 fully saturated rings. The van der Waals surface area contributed by atoms with Gasteiger partial charge in [-0.1, -0.05) is 32.1 Å². The van der Waals surface area contributed by atoms with Crippen LogP contribution >= 0.6 is 0 Å². The Bertz CT molecular complexity index is 1010. The van der Waals surface area contributed by atoms with E-state index >= 15 is 4.39 Å². The lowest BCUT2D eigenvalue weighted by atomic mass is 9.71. The number of aromatic nitrogens is 1. The van der Waals surface area contributed by atoms with Crippen LogP contribution in [0.2, 0.25) is 0 Å². The third-order valence-corrected chi connectivity index (χ3v) is 8.63. The van der Waals surface area contributed by atoms with Crippen molar-refractivity contribution in [3.8, 4) is 5.75 Å². The van der Waals surface area contributed by atoms with E-state index in [1.54, 1.807) is 25.3 Å². The molecule has 1 aliphatic heterocycles. The average Bonchev–Trinajstić information content (AvgIpc) is 2.90. The van der Waals surface area contributed by atoms with Crippen LogP contribution < -0.4 is 4.74 Å². The minimum absolute atomic E-state index is 0.0773. The molecule has 1 aromatic heterocycles. The molecule has 0 spiro atoms. The van der Waals surface area contributed by atoms with Crippen molar-refractivity contribution in [3.63, 3.8) is 0 Å². The number of ether oxygens (including phenoxy) is 1. The second-order valence-corrected chi connectivity index (χ2v) is 10.9. The van der Waals surface area contributed by atoms with E-state index in [4.69, 9.17) is 4.74 Å². The molecule has 0 unspecified atom stereocenters. The summed E-state index contributed by atoms with van der Waals surface area (Å²) >= 11 is 0. The lowest BCUT2D eigenvalue weighted by Gasteiger charge is -2.42. The van der Waals surface area contributed by atoms with Crippen molar-refractivity contribution in [2.45, 2.75) is 83.4 Å². The number of alkyl halides is 1. The summed E-state index contributed by atoms with van der Waals surface area (Å²) in [7, 11) is 1.56. The SMILES string of the molecule is COc1ccc2ncc(CO)c([C@H](F)CCC3(CC(=O)O)CCN(CCC4CCCCC4)CC3)c2c1. The number of benzene rings is 1. The summed E-state index contributed by atoms with van der Waals surface area (Å²) in [6.45, 7) is 2.55. The quantitative estimate of drug-likeness (QED) is 0.391. The molecule has 1 aromatic carbocycles. The van der Waals surface area contributed by atoms with Gasteiger partial charge in [-0.15, -0.1) is 0 Å². The maximum Gasteiger partial charge on any atom is 0.303 e. The summed E-state index contributed by atoms with van der Waals surface area (Å²) < 4.78 is 21.2. The Morgan fingerprint density at radius 1 is 1.25 bits per heavy atom. The number of rotatable bonds is 11. The second kappa shape index (κ2) is 12.3. The smallest absolute Gasteiger partial charge is 0.303 e. The highest BCUT2D eigenvalue weighted by Crippen LogP contribution is 2.43. The van der Waals surface area contributed by atoms with Gasteiger partial charge in [0.05, 0.1) is 25.7 Å². The second-order valence-electron chi connectivity index (χ2n) is 10.9. The number of carboxylic acids is 1. The number of carbonyl (C=O) groups is 1. The molecule has 1 saturated heterocycles. The fourth-order valence-corrected chi connectivity index (χ4v) is 6.36. The van der Waals surface area contributed by atoms with Gasteiger partial charge < -0.3 is 19.8 Å². The molecule has 2 aliphatic rings. The zero-order valence-corrected chi connectivity index (χ0v) is 21.6. The van der Waals surface area contributed by atoms with Gasteiger partial charge in [-0.2, -0.15) is 0 Å². The van der Waals surface area contributed by atoms with Gasteiger partial charge in [0, 0.05) is 22.7 Å². The van der Waals surface area contributed by atoms with Crippen LogP contribution in [-0.2, 0) is 11.4 Å². The van der Waals surface area contributed by atoms with Crippen molar-refractivity contribution >= 4 is 16.9 Å². The van der Waals surface area contributed by atoms with Crippen molar-refractivity contribution in [2.75, 3.05) is 26.7 Å². The number of fused-ring (bicyclic) bond motifs is 1. The van der Waals surface area contributed by atoms with Gasteiger partial charge in [0.15, 0.2) is 0 Å². The molecule has 7 heteroatoms. The molecule has 0 bridgehead atoms.